The number of nitrogens with one attached hydrogen (secondary N) is 1. The number of anilines is 1. The summed E-state index contributed by atoms with van der Waals surface area (Å²) in [4.78, 5) is 4.33. The summed E-state index contributed by atoms with van der Waals surface area (Å²) >= 11 is 6.06. The standard InChI is InChI=1S/C16H13ClN2O2S/c1-11-5-2-8-13(17)16(11)22(20,21)19-14-9-3-6-12-7-4-10-18-15(12)14/h2-10,19H,1H3. The molecule has 0 saturated heterocycles. The zero-order valence-corrected chi connectivity index (χ0v) is 13.3. The maximum atomic E-state index is 12.7. The number of sulfonamides is 1. The molecule has 0 bridgehead atoms. The number of pyridine rings is 1. The lowest BCUT2D eigenvalue weighted by Gasteiger charge is -2.13. The number of benzene rings is 2. The van der Waals surface area contributed by atoms with Crippen LogP contribution in [0.4, 0.5) is 5.69 Å². The highest BCUT2D eigenvalue weighted by atomic mass is 35.5. The van der Waals surface area contributed by atoms with Crippen molar-refractivity contribution in [2.24, 2.45) is 0 Å². The molecule has 0 aliphatic rings. The van der Waals surface area contributed by atoms with Gasteiger partial charge in [-0.1, -0.05) is 41.9 Å². The molecule has 0 fully saturated rings. The van der Waals surface area contributed by atoms with Crippen molar-refractivity contribution in [3.05, 3.63) is 65.3 Å². The monoisotopic (exact) mass is 332 g/mol. The molecule has 1 heterocycles. The number of fused-ring (bicyclic) bond motifs is 1. The number of hydrogen-bond donors (Lipinski definition) is 1. The van der Waals surface area contributed by atoms with E-state index in [1.54, 1.807) is 49.5 Å². The molecule has 1 aromatic heterocycles. The third-order valence-corrected chi connectivity index (χ3v) is 5.30. The molecule has 1 N–H and O–H groups in total. The minimum Gasteiger partial charge on any atom is -0.277 e. The first-order chi connectivity index (χ1) is 10.5. The highest BCUT2D eigenvalue weighted by molar-refractivity contribution is 7.93. The van der Waals surface area contributed by atoms with E-state index >= 15 is 0 Å². The number of para-hydroxylation sites is 1. The molecule has 6 heteroatoms. The summed E-state index contributed by atoms with van der Waals surface area (Å²) in [5.74, 6) is 0. The fourth-order valence-corrected chi connectivity index (χ4v) is 4.24. The van der Waals surface area contributed by atoms with Crippen LogP contribution in [-0.2, 0) is 10.0 Å². The quantitative estimate of drug-likeness (QED) is 0.788. The Morgan fingerprint density at radius 2 is 1.77 bits per heavy atom. The van der Waals surface area contributed by atoms with Crippen LogP contribution in [0, 0.1) is 6.92 Å². The van der Waals surface area contributed by atoms with Crippen LogP contribution in [0.3, 0.4) is 0 Å². The molecule has 112 valence electrons. The summed E-state index contributed by atoms with van der Waals surface area (Å²) in [6, 6.07) is 14.0. The molecule has 0 aliphatic heterocycles. The Bertz CT molecular complexity index is 930. The van der Waals surface area contributed by atoms with Gasteiger partial charge >= 0.3 is 0 Å². The Kier molecular flexibility index (Phi) is 3.76. The van der Waals surface area contributed by atoms with Crippen molar-refractivity contribution >= 4 is 38.2 Å². The molecular weight excluding hydrogens is 320 g/mol. The zero-order chi connectivity index (χ0) is 15.7. The second-order valence-electron chi connectivity index (χ2n) is 4.87. The SMILES string of the molecule is Cc1cccc(Cl)c1S(=O)(=O)Nc1cccc2cccnc12. The number of nitrogens with zero attached hydrogens (tertiary/aromatic N) is 1. The molecule has 22 heavy (non-hydrogen) atoms. The molecule has 3 rings (SSSR count). The lowest BCUT2D eigenvalue weighted by atomic mass is 10.2. The molecule has 0 saturated carbocycles. The molecular formula is C16H13ClN2O2S. The highest BCUT2D eigenvalue weighted by Crippen LogP contribution is 2.29. The van der Waals surface area contributed by atoms with Crippen molar-refractivity contribution in [3.63, 3.8) is 0 Å². The molecule has 0 aliphatic carbocycles. The van der Waals surface area contributed by atoms with E-state index in [1.165, 1.54) is 0 Å². The molecule has 0 amide bonds. The van der Waals surface area contributed by atoms with Crippen molar-refractivity contribution in [3.8, 4) is 0 Å². The Balaban J connectivity index is 2.12. The van der Waals surface area contributed by atoms with Gasteiger partial charge in [0.1, 0.15) is 4.90 Å². The Morgan fingerprint density at radius 1 is 1.05 bits per heavy atom. The first kappa shape index (κ1) is 14.8. The first-order valence-corrected chi connectivity index (χ1v) is 8.47. The molecule has 0 atom stereocenters. The van der Waals surface area contributed by atoms with Crippen LogP contribution in [0.15, 0.2) is 59.6 Å². The number of halogens is 1. The third-order valence-electron chi connectivity index (χ3n) is 3.31. The Morgan fingerprint density at radius 3 is 2.55 bits per heavy atom. The van der Waals surface area contributed by atoms with Gasteiger partial charge in [-0.25, -0.2) is 8.42 Å². The van der Waals surface area contributed by atoms with Gasteiger partial charge in [0, 0.05) is 11.6 Å². The highest BCUT2D eigenvalue weighted by Gasteiger charge is 2.21. The molecule has 4 nitrogen and oxygen atoms in total. The van der Waals surface area contributed by atoms with Crippen molar-refractivity contribution < 1.29 is 8.42 Å². The summed E-state index contributed by atoms with van der Waals surface area (Å²) in [5, 5.41) is 1.05. The number of aryl methyl sites for hydroxylation is 1. The Labute approximate surface area is 133 Å². The fraction of sp³-hybridized carbons (Fsp3) is 0.0625. The maximum Gasteiger partial charge on any atom is 0.263 e. The summed E-state index contributed by atoms with van der Waals surface area (Å²) in [5.41, 5.74) is 1.61. The van der Waals surface area contributed by atoms with E-state index in [0.717, 1.165) is 5.39 Å². The van der Waals surface area contributed by atoms with E-state index in [2.05, 4.69) is 9.71 Å². The van der Waals surface area contributed by atoms with E-state index in [9.17, 15) is 8.42 Å². The average molecular weight is 333 g/mol. The van der Waals surface area contributed by atoms with Gasteiger partial charge in [0.2, 0.25) is 0 Å². The van der Waals surface area contributed by atoms with E-state index in [1.807, 2.05) is 12.1 Å². The predicted octanol–water partition coefficient (Wildman–Crippen LogP) is 4.00. The van der Waals surface area contributed by atoms with Crippen molar-refractivity contribution in [2.45, 2.75) is 11.8 Å². The lowest BCUT2D eigenvalue weighted by Crippen LogP contribution is -2.15. The normalized spacial score (nSPS) is 11.5. The predicted molar refractivity (Wildman–Crippen MR) is 88.7 cm³/mol. The molecule has 3 aromatic rings. The van der Waals surface area contributed by atoms with Gasteiger partial charge in [0.15, 0.2) is 0 Å². The van der Waals surface area contributed by atoms with Crippen LogP contribution in [0.25, 0.3) is 10.9 Å². The van der Waals surface area contributed by atoms with Gasteiger partial charge in [-0.15, -0.1) is 0 Å². The van der Waals surface area contributed by atoms with Crippen LogP contribution in [0.1, 0.15) is 5.56 Å². The van der Waals surface area contributed by atoms with Gasteiger partial charge < -0.3 is 0 Å². The molecule has 0 spiro atoms. The number of aromatic nitrogens is 1. The van der Waals surface area contributed by atoms with Gasteiger partial charge in [-0.3, -0.25) is 9.71 Å². The van der Waals surface area contributed by atoms with Crippen molar-refractivity contribution in [1.82, 2.24) is 4.98 Å². The summed E-state index contributed by atoms with van der Waals surface area (Å²) in [6.45, 7) is 1.71. The second kappa shape index (κ2) is 5.59. The van der Waals surface area contributed by atoms with Gasteiger partial charge in [0.25, 0.3) is 10.0 Å². The van der Waals surface area contributed by atoms with Crippen LogP contribution in [0.2, 0.25) is 5.02 Å². The number of hydrogen-bond acceptors (Lipinski definition) is 3. The summed E-state index contributed by atoms with van der Waals surface area (Å²) in [7, 11) is -3.79. The minimum absolute atomic E-state index is 0.0876. The number of rotatable bonds is 3. The van der Waals surface area contributed by atoms with Gasteiger partial charge in [0.05, 0.1) is 16.2 Å². The average Bonchev–Trinajstić information content (AvgIpc) is 2.47. The smallest absolute Gasteiger partial charge is 0.263 e. The van der Waals surface area contributed by atoms with E-state index in [-0.39, 0.29) is 9.92 Å². The largest absolute Gasteiger partial charge is 0.277 e. The minimum atomic E-state index is -3.79. The van der Waals surface area contributed by atoms with E-state index < -0.39 is 10.0 Å². The summed E-state index contributed by atoms with van der Waals surface area (Å²) in [6.07, 6.45) is 1.63. The van der Waals surface area contributed by atoms with Gasteiger partial charge in [-0.05, 0) is 30.7 Å². The Hall–Kier alpha value is -2.11. The third kappa shape index (κ3) is 2.65. The summed E-state index contributed by atoms with van der Waals surface area (Å²) < 4.78 is 27.9. The maximum absolute atomic E-state index is 12.7. The van der Waals surface area contributed by atoms with E-state index in [0.29, 0.717) is 16.8 Å². The zero-order valence-electron chi connectivity index (χ0n) is 11.7. The molecule has 0 radical (unpaired) electrons. The fourth-order valence-electron chi connectivity index (χ4n) is 2.34. The molecule has 0 unspecified atom stereocenters. The topological polar surface area (TPSA) is 59.1 Å². The first-order valence-electron chi connectivity index (χ1n) is 6.61. The lowest BCUT2D eigenvalue weighted by molar-refractivity contribution is 0.600. The van der Waals surface area contributed by atoms with Crippen LogP contribution < -0.4 is 4.72 Å². The van der Waals surface area contributed by atoms with Gasteiger partial charge in [-0.2, -0.15) is 0 Å². The van der Waals surface area contributed by atoms with Crippen LogP contribution in [0.5, 0.6) is 0 Å². The molecule has 2 aromatic carbocycles. The van der Waals surface area contributed by atoms with Crippen LogP contribution >= 0.6 is 11.6 Å². The second-order valence-corrected chi connectivity index (χ2v) is 6.90. The van der Waals surface area contributed by atoms with E-state index in [4.69, 9.17) is 11.6 Å². The van der Waals surface area contributed by atoms with Crippen LogP contribution in [-0.4, -0.2) is 13.4 Å². The van der Waals surface area contributed by atoms with Crippen molar-refractivity contribution in [2.75, 3.05) is 4.72 Å². The van der Waals surface area contributed by atoms with Crippen molar-refractivity contribution in [1.29, 1.82) is 0 Å².